The average molecular weight is 379 g/mol. The van der Waals surface area contributed by atoms with Crippen molar-refractivity contribution in [2.75, 3.05) is 12.4 Å². The minimum Gasteiger partial charge on any atom is -0.481 e. The Morgan fingerprint density at radius 1 is 1.23 bits per heavy atom. The van der Waals surface area contributed by atoms with Crippen LogP contribution in [0, 0.1) is 11.8 Å². The standard InChI is InChI=1S/C19H25NO5S/c1-5-6-12-9-15(19(24)25-4)17(26-12)20-16(21)13-7-10(2)11(3)8-14(13)18(22)23/h9,13-14H,5-8H2,1-4H3,(H,20,21)(H,22,23). The van der Waals surface area contributed by atoms with Gasteiger partial charge in [-0.15, -0.1) is 11.3 Å². The highest BCUT2D eigenvalue weighted by atomic mass is 32.1. The molecule has 2 atom stereocenters. The lowest BCUT2D eigenvalue weighted by Gasteiger charge is -2.29. The molecule has 142 valence electrons. The molecule has 0 spiro atoms. The zero-order valence-electron chi connectivity index (χ0n) is 15.5. The number of rotatable bonds is 6. The molecule has 0 radical (unpaired) electrons. The first kappa shape index (κ1) is 20.2. The van der Waals surface area contributed by atoms with E-state index in [1.807, 2.05) is 20.8 Å². The van der Waals surface area contributed by atoms with E-state index in [1.165, 1.54) is 18.4 Å². The number of ether oxygens (including phenoxy) is 1. The van der Waals surface area contributed by atoms with Crippen molar-refractivity contribution in [3.05, 3.63) is 27.7 Å². The van der Waals surface area contributed by atoms with Crippen molar-refractivity contribution in [3.63, 3.8) is 0 Å². The second kappa shape index (κ2) is 8.49. The predicted octanol–water partition coefficient (Wildman–Crippen LogP) is 3.87. The number of aryl methyl sites for hydroxylation is 1. The Morgan fingerprint density at radius 3 is 2.38 bits per heavy atom. The molecule has 1 aliphatic rings. The quantitative estimate of drug-likeness (QED) is 0.578. The Balaban J connectivity index is 2.28. The first-order valence-corrected chi connectivity index (χ1v) is 9.50. The Bertz CT molecular complexity index is 749. The molecule has 1 aliphatic carbocycles. The lowest BCUT2D eigenvalue weighted by atomic mass is 9.76. The molecule has 7 heteroatoms. The molecule has 6 nitrogen and oxygen atoms in total. The van der Waals surface area contributed by atoms with Gasteiger partial charge >= 0.3 is 11.9 Å². The summed E-state index contributed by atoms with van der Waals surface area (Å²) in [7, 11) is 1.30. The number of esters is 1. The van der Waals surface area contributed by atoms with Gasteiger partial charge in [0.15, 0.2) is 0 Å². The minimum absolute atomic E-state index is 0.320. The molecule has 2 unspecified atom stereocenters. The maximum Gasteiger partial charge on any atom is 0.340 e. The van der Waals surface area contributed by atoms with E-state index in [9.17, 15) is 19.5 Å². The second-order valence-corrected chi connectivity index (χ2v) is 7.84. The van der Waals surface area contributed by atoms with Gasteiger partial charge in [0, 0.05) is 4.88 Å². The number of anilines is 1. The van der Waals surface area contributed by atoms with Crippen LogP contribution in [-0.2, 0) is 20.7 Å². The van der Waals surface area contributed by atoms with Crippen molar-refractivity contribution >= 4 is 34.2 Å². The van der Waals surface area contributed by atoms with Gasteiger partial charge in [0.25, 0.3) is 0 Å². The van der Waals surface area contributed by atoms with Crippen LogP contribution in [0.25, 0.3) is 0 Å². The van der Waals surface area contributed by atoms with E-state index in [0.717, 1.165) is 28.9 Å². The lowest BCUT2D eigenvalue weighted by molar-refractivity contribution is -0.146. The highest BCUT2D eigenvalue weighted by molar-refractivity contribution is 7.16. The van der Waals surface area contributed by atoms with E-state index in [1.54, 1.807) is 6.07 Å². The normalized spacial score (nSPS) is 20.0. The predicted molar refractivity (Wildman–Crippen MR) is 101 cm³/mol. The number of carbonyl (C=O) groups is 3. The fourth-order valence-electron chi connectivity index (χ4n) is 3.20. The number of carboxylic acids is 1. The fraction of sp³-hybridized carbons (Fsp3) is 0.526. The summed E-state index contributed by atoms with van der Waals surface area (Å²) in [5, 5.41) is 12.7. The molecule has 1 aromatic rings. The molecular formula is C19H25NO5S. The SMILES string of the molecule is CCCc1cc(C(=O)OC)c(NC(=O)C2CC(C)=C(C)CC2C(=O)O)s1. The maximum atomic E-state index is 12.8. The Kier molecular flexibility index (Phi) is 6.58. The van der Waals surface area contributed by atoms with Gasteiger partial charge in [0.1, 0.15) is 5.00 Å². The molecule has 0 fully saturated rings. The van der Waals surface area contributed by atoms with E-state index in [4.69, 9.17) is 4.74 Å². The monoisotopic (exact) mass is 379 g/mol. The van der Waals surface area contributed by atoms with Crippen molar-refractivity contribution < 1.29 is 24.2 Å². The minimum atomic E-state index is -0.969. The molecule has 0 saturated heterocycles. The third-order valence-corrected chi connectivity index (χ3v) is 5.95. The van der Waals surface area contributed by atoms with Crippen molar-refractivity contribution in [3.8, 4) is 0 Å². The first-order valence-electron chi connectivity index (χ1n) is 8.68. The smallest absolute Gasteiger partial charge is 0.340 e. The highest BCUT2D eigenvalue weighted by Gasteiger charge is 2.37. The van der Waals surface area contributed by atoms with Crippen LogP contribution in [0.5, 0.6) is 0 Å². The van der Waals surface area contributed by atoms with Crippen LogP contribution in [0.2, 0.25) is 0 Å². The number of hydrogen-bond acceptors (Lipinski definition) is 5. The zero-order chi connectivity index (χ0) is 19.4. The summed E-state index contributed by atoms with van der Waals surface area (Å²) < 4.78 is 4.80. The Hall–Kier alpha value is -2.15. The fourth-order valence-corrected chi connectivity index (χ4v) is 4.35. The number of carbonyl (C=O) groups excluding carboxylic acids is 2. The summed E-state index contributed by atoms with van der Waals surface area (Å²) >= 11 is 1.34. The van der Waals surface area contributed by atoms with Gasteiger partial charge in [-0.05, 0) is 39.2 Å². The van der Waals surface area contributed by atoms with E-state index in [0.29, 0.717) is 23.4 Å². The van der Waals surface area contributed by atoms with Crippen LogP contribution in [0.4, 0.5) is 5.00 Å². The van der Waals surface area contributed by atoms with Gasteiger partial charge in [-0.2, -0.15) is 0 Å². The maximum absolute atomic E-state index is 12.8. The molecule has 2 N–H and O–H groups in total. The van der Waals surface area contributed by atoms with Crippen LogP contribution in [0.15, 0.2) is 17.2 Å². The van der Waals surface area contributed by atoms with Crippen LogP contribution < -0.4 is 5.32 Å². The molecular weight excluding hydrogens is 354 g/mol. The first-order chi connectivity index (χ1) is 12.3. The summed E-state index contributed by atoms with van der Waals surface area (Å²) in [6.07, 6.45) is 2.50. The molecule has 1 heterocycles. The van der Waals surface area contributed by atoms with Gasteiger partial charge in [0.05, 0.1) is 24.5 Å². The topological polar surface area (TPSA) is 92.7 Å². The van der Waals surface area contributed by atoms with Crippen LogP contribution >= 0.6 is 11.3 Å². The van der Waals surface area contributed by atoms with Gasteiger partial charge in [-0.3, -0.25) is 9.59 Å². The Labute approximate surface area is 157 Å². The zero-order valence-corrected chi connectivity index (χ0v) is 16.4. The molecule has 26 heavy (non-hydrogen) atoms. The number of carboxylic acid groups (broad SMARTS) is 1. The number of thiophene rings is 1. The summed E-state index contributed by atoms with van der Waals surface area (Å²) in [5.41, 5.74) is 2.40. The van der Waals surface area contributed by atoms with E-state index in [-0.39, 0.29) is 5.91 Å². The van der Waals surface area contributed by atoms with Gasteiger partial charge < -0.3 is 15.2 Å². The highest BCUT2D eigenvalue weighted by Crippen LogP contribution is 2.36. The van der Waals surface area contributed by atoms with Gasteiger partial charge in [0.2, 0.25) is 5.91 Å². The largest absolute Gasteiger partial charge is 0.481 e. The molecule has 1 aromatic heterocycles. The van der Waals surface area contributed by atoms with Crippen LogP contribution in [-0.4, -0.2) is 30.1 Å². The third-order valence-electron chi connectivity index (χ3n) is 4.84. The third kappa shape index (κ3) is 4.33. The van der Waals surface area contributed by atoms with Crippen molar-refractivity contribution in [1.29, 1.82) is 0 Å². The summed E-state index contributed by atoms with van der Waals surface area (Å²) in [6, 6.07) is 1.74. The van der Waals surface area contributed by atoms with Crippen molar-refractivity contribution in [2.45, 2.75) is 46.5 Å². The molecule has 0 aromatic carbocycles. The molecule has 2 rings (SSSR count). The summed E-state index contributed by atoms with van der Waals surface area (Å²) in [5.74, 6) is -3.25. The number of nitrogens with one attached hydrogen (secondary N) is 1. The average Bonchev–Trinajstić information content (AvgIpc) is 2.98. The number of allylic oxidation sites excluding steroid dienone is 2. The lowest BCUT2D eigenvalue weighted by Crippen LogP contribution is -2.36. The van der Waals surface area contributed by atoms with Gasteiger partial charge in [-0.25, -0.2) is 4.79 Å². The number of hydrogen-bond donors (Lipinski definition) is 2. The summed E-state index contributed by atoms with van der Waals surface area (Å²) in [6.45, 7) is 5.87. The molecule has 0 bridgehead atoms. The summed E-state index contributed by atoms with van der Waals surface area (Å²) in [4.78, 5) is 37.4. The number of methoxy groups -OCH3 is 1. The van der Waals surface area contributed by atoms with E-state index >= 15 is 0 Å². The molecule has 1 amide bonds. The van der Waals surface area contributed by atoms with Crippen LogP contribution in [0.1, 0.15) is 55.3 Å². The van der Waals surface area contributed by atoms with E-state index < -0.39 is 23.8 Å². The second-order valence-electron chi connectivity index (χ2n) is 6.71. The van der Waals surface area contributed by atoms with Gasteiger partial charge in [-0.1, -0.05) is 24.5 Å². The van der Waals surface area contributed by atoms with Crippen molar-refractivity contribution in [1.82, 2.24) is 0 Å². The number of aliphatic carboxylic acids is 1. The van der Waals surface area contributed by atoms with Crippen LogP contribution in [0.3, 0.4) is 0 Å². The van der Waals surface area contributed by atoms with Crippen molar-refractivity contribution in [2.24, 2.45) is 11.8 Å². The van der Waals surface area contributed by atoms with E-state index in [2.05, 4.69) is 5.32 Å². The molecule has 0 aliphatic heterocycles. The Morgan fingerprint density at radius 2 is 1.85 bits per heavy atom. The number of amides is 1. The molecule has 0 saturated carbocycles.